The predicted molar refractivity (Wildman–Crippen MR) is 94.7 cm³/mol. The number of unbranched alkanes of at least 4 members (excludes halogenated alkanes) is 2. The predicted octanol–water partition coefficient (Wildman–Crippen LogP) is 3.71. The smallest absolute Gasteiger partial charge is 0.181 e. The molecule has 0 amide bonds. The van der Waals surface area contributed by atoms with Crippen molar-refractivity contribution in [2.45, 2.75) is 57.6 Å². The molecule has 2 rings (SSSR count). The second kappa shape index (κ2) is 7.47. The van der Waals surface area contributed by atoms with Crippen LogP contribution >= 0.6 is 0 Å². The molecule has 0 aliphatic rings. The fourth-order valence-electron chi connectivity index (χ4n) is 2.43. The van der Waals surface area contributed by atoms with Crippen LogP contribution in [0, 0.1) is 0 Å². The maximum absolute atomic E-state index is 12.0. The van der Waals surface area contributed by atoms with Crippen LogP contribution in [0.4, 0.5) is 0 Å². The van der Waals surface area contributed by atoms with Crippen LogP contribution in [-0.2, 0) is 21.1 Å². The molecule has 6 heteroatoms. The average Bonchev–Trinajstić information content (AvgIpc) is 2.93. The number of Topliss-reactive ketones (excluding diaryl/α,β-unsaturated/α-hetero) is 1. The molecule has 0 bridgehead atoms. The van der Waals surface area contributed by atoms with Crippen molar-refractivity contribution in [2.75, 3.05) is 5.75 Å². The molecule has 24 heavy (non-hydrogen) atoms. The molecule has 132 valence electrons. The maximum Gasteiger partial charge on any atom is 0.181 e. The molecule has 0 spiro atoms. The zero-order valence-corrected chi connectivity index (χ0v) is 15.4. The molecule has 0 N–H and O–H groups in total. The van der Waals surface area contributed by atoms with Crippen molar-refractivity contribution in [1.29, 1.82) is 0 Å². The van der Waals surface area contributed by atoms with Crippen LogP contribution in [0.15, 0.2) is 29.0 Å². The Labute approximate surface area is 143 Å². The number of benzene rings is 1. The maximum atomic E-state index is 12.0. The highest BCUT2D eigenvalue weighted by atomic mass is 32.2. The molecular formula is C18H25NO4S. The number of aromatic nitrogens is 1. The van der Waals surface area contributed by atoms with E-state index in [1.165, 1.54) is 6.39 Å². The van der Waals surface area contributed by atoms with Crippen molar-refractivity contribution < 1.29 is 17.6 Å². The lowest BCUT2D eigenvalue weighted by Gasteiger charge is -2.18. The number of rotatable bonds is 8. The number of carbonyl (C=O) groups excluding carboxylic acids is 1. The van der Waals surface area contributed by atoms with E-state index in [0.717, 1.165) is 23.9 Å². The Balaban J connectivity index is 1.72. The van der Waals surface area contributed by atoms with Crippen LogP contribution in [0.3, 0.4) is 0 Å². The van der Waals surface area contributed by atoms with Crippen molar-refractivity contribution in [1.82, 2.24) is 4.98 Å². The highest BCUT2D eigenvalue weighted by molar-refractivity contribution is 7.92. The molecule has 1 aromatic carbocycles. The van der Waals surface area contributed by atoms with Crippen LogP contribution < -0.4 is 0 Å². The van der Waals surface area contributed by atoms with Gasteiger partial charge in [-0.2, -0.15) is 0 Å². The van der Waals surface area contributed by atoms with E-state index in [1.807, 2.05) is 18.2 Å². The summed E-state index contributed by atoms with van der Waals surface area (Å²) >= 11 is 0. The van der Waals surface area contributed by atoms with Gasteiger partial charge in [0.05, 0.1) is 10.5 Å². The average molecular weight is 351 g/mol. The summed E-state index contributed by atoms with van der Waals surface area (Å²) in [6.07, 6.45) is 4.34. The molecule has 0 unspecified atom stereocenters. The molecule has 0 saturated heterocycles. The molecule has 1 aromatic heterocycles. The van der Waals surface area contributed by atoms with E-state index < -0.39 is 14.6 Å². The second-order valence-electron chi connectivity index (χ2n) is 7.11. The Kier molecular flexibility index (Phi) is 5.80. The van der Waals surface area contributed by atoms with Gasteiger partial charge in [-0.1, -0.05) is 12.5 Å². The third-order valence-corrected chi connectivity index (χ3v) is 6.79. The minimum Gasteiger partial charge on any atom is -0.443 e. The van der Waals surface area contributed by atoms with Crippen molar-refractivity contribution in [3.8, 4) is 0 Å². The van der Waals surface area contributed by atoms with Crippen LogP contribution in [0.25, 0.3) is 11.1 Å². The van der Waals surface area contributed by atoms with E-state index in [4.69, 9.17) is 4.42 Å². The zero-order chi connectivity index (χ0) is 17.8. The van der Waals surface area contributed by atoms with Crippen molar-refractivity contribution in [3.63, 3.8) is 0 Å². The minimum atomic E-state index is -3.06. The van der Waals surface area contributed by atoms with Gasteiger partial charge in [-0.3, -0.25) is 4.79 Å². The first-order chi connectivity index (χ1) is 11.2. The summed E-state index contributed by atoms with van der Waals surface area (Å²) in [6.45, 7) is 5.16. The Morgan fingerprint density at radius 1 is 1.17 bits per heavy atom. The van der Waals surface area contributed by atoms with E-state index in [2.05, 4.69) is 4.98 Å². The lowest BCUT2D eigenvalue weighted by molar-refractivity contribution is -0.118. The Morgan fingerprint density at radius 3 is 2.62 bits per heavy atom. The van der Waals surface area contributed by atoms with Gasteiger partial charge in [0.25, 0.3) is 0 Å². The molecule has 5 nitrogen and oxygen atoms in total. The van der Waals surface area contributed by atoms with E-state index in [0.29, 0.717) is 24.8 Å². The van der Waals surface area contributed by atoms with Gasteiger partial charge in [0.2, 0.25) is 0 Å². The van der Waals surface area contributed by atoms with Gasteiger partial charge < -0.3 is 4.42 Å². The van der Waals surface area contributed by atoms with Crippen molar-refractivity contribution >= 4 is 26.7 Å². The molecule has 0 saturated carbocycles. The third kappa shape index (κ3) is 4.90. The van der Waals surface area contributed by atoms with E-state index in [1.54, 1.807) is 20.8 Å². The third-order valence-electron chi connectivity index (χ3n) is 4.10. The van der Waals surface area contributed by atoms with E-state index >= 15 is 0 Å². The highest BCUT2D eigenvalue weighted by Gasteiger charge is 2.27. The van der Waals surface area contributed by atoms with E-state index in [9.17, 15) is 13.2 Å². The number of oxazole rings is 1. The number of hydrogen-bond acceptors (Lipinski definition) is 5. The number of sulfone groups is 1. The summed E-state index contributed by atoms with van der Waals surface area (Å²) in [7, 11) is -3.06. The molecule has 0 atom stereocenters. The van der Waals surface area contributed by atoms with Gasteiger partial charge in [0, 0.05) is 12.8 Å². The van der Waals surface area contributed by atoms with Gasteiger partial charge in [-0.15, -0.1) is 0 Å². The first kappa shape index (κ1) is 18.6. The number of nitrogens with zero attached hydrogens (tertiary/aromatic N) is 1. The number of hydrogen-bond donors (Lipinski definition) is 0. The Bertz CT molecular complexity index is 800. The molecule has 0 radical (unpaired) electrons. The SMILES string of the molecule is CC(C)(C)S(=O)(=O)CCCCCC(=O)Cc1ccc2ocnc2c1. The van der Waals surface area contributed by atoms with Crippen molar-refractivity contribution in [3.05, 3.63) is 30.2 Å². The van der Waals surface area contributed by atoms with Gasteiger partial charge in [0.15, 0.2) is 21.8 Å². The summed E-state index contributed by atoms with van der Waals surface area (Å²) in [5.41, 5.74) is 2.40. The monoisotopic (exact) mass is 351 g/mol. The molecular weight excluding hydrogens is 326 g/mol. The highest BCUT2D eigenvalue weighted by Crippen LogP contribution is 2.18. The summed E-state index contributed by atoms with van der Waals surface area (Å²) < 4.78 is 28.5. The Morgan fingerprint density at radius 2 is 1.92 bits per heavy atom. The van der Waals surface area contributed by atoms with Gasteiger partial charge >= 0.3 is 0 Å². The Hall–Kier alpha value is -1.69. The summed E-state index contributed by atoms with van der Waals surface area (Å²) in [5, 5.41) is 0. The molecule has 2 aromatic rings. The normalized spacial score (nSPS) is 12.6. The summed E-state index contributed by atoms with van der Waals surface area (Å²) in [5.74, 6) is 0.351. The lowest BCUT2D eigenvalue weighted by atomic mass is 10.0. The topological polar surface area (TPSA) is 77.2 Å². The zero-order valence-electron chi connectivity index (χ0n) is 14.5. The van der Waals surface area contributed by atoms with Gasteiger partial charge in [-0.25, -0.2) is 13.4 Å². The standard InChI is InChI=1S/C18H25NO4S/c1-18(2,3)24(21,22)10-6-4-5-7-15(20)11-14-8-9-17-16(12-14)19-13-23-17/h8-9,12-13H,4-7,10-11H2,1-3H3. The number of carbonyl (C=O) groups is 1. The minimum absolute atomic E-state index is 0.163. The van der Waals surface area contributed by atoms with Crippen LogP contribution in [0.5, 0.6) is 0 Å². The van der Waals surface area contributed by atoms with E-state index in [-0.39, 0.29) is 11.5 Å². The van der Waals surface area contributed by atoms with Gasteiger partial charge in [0.1, 0.15) is 11.3 Å². The second-order valence-corrected chi connectivity index (χ2v) is 9.97. The fraction of sp³-hybridized carbons (Fsp3) is 0.556. The lowest BCUT2D eigenvalue weighted by Crippen LogP contribution is -2.30. The molecule has 0 aliphatic heterocycles. The van der Waals surface area contributed by atoms with Crippen LogP contribution in [0.2, 0.25) is 0 Å². The van der Waals surface area contributed by atoms with Crippen LogP contribution in [-0.4, -0.2) is 29.7 Å². The first-order valence-electron chi connectivity index (χ1n) is 8.25. The van der Waals surface area contributed by atoms with Crippen molar-refractivity contribution in [2.24, 2.45) is 0 Å². The number of fused-ring (bicyclic) bond motifs is 1. The fourth-order valence-corrected chi connectivity index (χ4v) is 3.62. The molecule has 0 aliphatic carbocycles. The van der Waals surface area contributed by atoms with Gasteiger partial charge in [-0.05, 0) is 51.3 Å². The molecule has 1 heterocycles. The number of ketones is 1. The largest absolute Gasteiger partial charge is 0.443 e. The van der Waals surface area contributed by atoms with Crippen LogP contribution in [0.1, 0.15) is 52.0 Å². The quantitative estimate of drug-likeness (QED) is 0.678. The first-order valence-corrected chi connectivity index (χ1v) is 9.90. The summed E-state index contributed by atoms with van der Waals surface area (Å²) in [6, 6.07) is 5.57. The summed E-state index contributed by atoms with van der Waals surface area (Å²) in [4.78, 5) is 16.1. The molecule has 0 fully saturated rings.